The Hall–Kier alpha value is -3.91. The number of anilines is 1. The molecular formula is C24H19F3N4O. The van der Waals surface area contributed by atoms with Crippen LogP contribution in [0, 0.1) is 0 Å². The highest BCUT2D eigenvalue weighted by Crippen LogP contribution is 2.30. The Morgan fingerprint density at radius 3 is 2.06 bits per heavy atom. The molecule has 0 aliphatic heterocycles. The number of alkyl halides is 3. The highest BCUT2D eigenvalue weighted by atomic mass is 19.4. The van der Waals surface area contributed by atoms with Crippen molar-refractivity contribution in [1.29, 1.82) is 0 Å². The van der Waals surface area contributed by atoms with E-state index >= 15 is 0 Å². The van der Waals surface area contributed by atoms with Gasteiger partial charge in [-0.05, 0) is 34.9 Å². The van der Waals surface area contributed by atoms with Crippen LogP contribution in [0.25, 0.3) is 22.4 Å². The second-order valence-corrected chi connectivity index (χ2v) is 7.20. The van der Waals surface area contributed by atoms with Gasteiger partial charge in [0.25, 0.3) is 0 Å². The van der Waals surface area contributed by atoms with Crippen LogP contribution in [0.2, 0.25) is 0 Å². The number of hydrogen-bond donors (Lipinski definition) is 3. The Morgan fingerprint density at radius 1 is 0.875 bits per heavy atom. The number of aromatic nitrogens is 2. The first-order chi connectivity index (χ1) is 15.3. The van der Waals surface area contributed by atoms with Gasteiger partial charge in [0, 0.05) is 11.3 Å². The van der Waals surface area contributed by atoms with Crippen LogP contribution in [0.3, 0.4) is 0 Å². The second kappa shape index (κ2) is 8.68. The first-order valence-electron chi connectivity index (χ1n) is 9.76. The summed E-state index contributed by atoms with van der Waals surface area (Å²) in [6.45, 7) is 0. The summed E-state index contributed by atoms with van der Waals surface area (Å²) in [6, 6.07) is 23.7. The molecule has 0 fully saturated rings. The maximum atomic E-state index is 12.7. The minimum atomic E-state index is -4.49. The number of rotatable bonds is 5. The molecule has 4 aromatic rings. The summed E-state index contributed by atoms with van der Waals surface area (Å²) in [5, 5.41) is 8.39. The number of aromatic amines is 1. The predicted octanol–water partition coefficient (Wildman–Crippen LogP) is 5.40. The molecule has 8 heteroatoms. The first kappa shape index (κ1) is 21.3. The Morgan fingerprint density at radius 2 is 1.47 bits per heavy atom. The third-order valence-electron chi connectivity index (χ3n) is 4.99. The van der Waals surface area contributed by atoms with Crippen molar-refractivity contribution in [3.63, 3.8) is 0 Å². The number of benzene rings is 3. The molecule has 1 atom stereocenters. The molecule has 4 rings (SSSR count). The average Bonchev–Trinajstić information content (AvgIpc) is 3.31. The molecule has 1 amide bonds. The van der Waals surface area contributed by atoms with E-state index in [0.29, 0.717) is 16.8 Å². The highest BCUT2D eigenvalue weighted by Gasteiger charge is 2.33. The zero-order chi connectivity index (χ0) is 22.7. The molecule has 1 unspecified atom stereocenters. The normalized spacial score (nSPS) is 12.4. The lowest BCUT2D eigenvalue weighted by atomic mass is 10.0. The summed E-state index contributed by atoms with van der Waals surface area (Å²) in [4.78, 5) is 12.6. The Kier molecular flexibility index (Phi) is 5.79. The standard InChI is InChI=1S/C24H19F3N4O/c25-24(26,27)21-14-20(30-31-21)17-10-12-19(13-11-17)29-23(32)22(28)18-8-6-16(7-9-18)15-4-2-1-3-5-15/h1-14,22H,28H2,(H,29,32)(H,30,31). The number of H-pyrrole nitrogens is 1. The molecule has 32 heavy (non-hydrogen) atoms. The molecule has 5 nitrogen and oxygen atoms in total. The van der Waals surface area contributed by atoms with Gasteiger partial charge >= 0.3 is 6.18 Å². The van der Waals surface area contributed by atoms with Crippen molar-refractivity contribution in [2.75, 3.05) is 5.32 Å². The minimum absolute atomic E-state index is 0.158. The molecule has 3 aromatic carbocycles. The molecule has 162 valence electrons. The van der Waals surface area contributed by atoms with Gasteiger partial charge < -0.3 is 11.1 Å². The lowest BCUT2D eigenvalue weighted by Crippen LogP contribution is -2.27. The van der Waals surface area contributed by atoms with Gasteiger partial charge in [-0.1, -0.05) is 66.7 Å². The first-order valence-corrected chi connectivity index (χ1v) is 9.76. The molecule has 0 radical (unpaired) electrons. The highest BCUT2D eigenvalue weighted by molar-refractivity contribution is 5.95. The van der Waals surface area contributed by atoms with Gasteiger partial charge in [0.1, 0.15) is 11.7 Å². The van der Waals surface area contributed by atoms with E-state index in [4.69, 9.17) is 5.73 Å². The molecule has 1 heterocycles. The fourth-order valence-electron chi connectivity index (χ4n) is 3.22. The molecule has 0 bridgehead atoms. The number of nitrogens with two attached hydrogens (primary N) is 1. The van der Waals surface area contributed by atoms with E-state index in [0.717, 1.165) is 17.2 Å². The summed E-state index contributed by atoms with van der Waals surface area (Å²) in [6.07, 6.45) is -4.49. The van der Waals surface area contributed by atoms with Gasteiger partial charge in [-0.15, -0.1) is 0 Å². The molecule has 0 saturated carbocycles. The molecule has 0 saturated heterocycles. The third kappa shape index (κ3) is 4.70. The molecular weight excluding hydrogens is 417 g/mol. The van der Waals surface area contributed by atoms with E-state index in [1.807, 2.05) is 59.7 Å². The van der Waals surface area contributed by atoms with Crippen molar-refractivity contribution in [2.24, 2.45) is 5.73 Å². The van der Waals surface area contributed by atoms with Gasteiger partial charge in [0.15, 0.2) is 0 Å². The molecule has 1 aromatic heterocycles. The summed E-state index contributed by atoms with van der Waals surface area (Å²) in [7, 11) is 0. The number of carbonyl (C=O) groups excluding carboxylic acids is 1. The lowest BCUT2D eigenvalue weighted by molar-refractivity contribution is -0.141. The van der Waals surface area contributed by atoms with E-state index in [1.165, 1.54) is 0 Å². The summed E-state index contributed by atoms with van der Waals surface area (Å²) < 4.78 is 38.2. The van der Waals surface area contributed by atoms with Crippen molar-refractivity contribution in [3.8, 4) is 22.4 Å². The molecule has 0 aliphatic rings. The van der Waals surface area contributed by atoms with Crippen molar-refractivity contribution in [1.82, 2.24) is 10.2 Å². The Balaban J connectivity index is 1.41. The summed E-state index contributed by atoms with van der Waals surface area (Å²) in [5.41, 5.74) is 9.04. The number of nitrogens with one attached hydrogen (secondary N) is 2. The topological polar surface area (TPSA) is 83.8 Å². The van der Waals surface area contributed by atoms with Crippen LogP contribution in [-0.4, -0.2) is 16.1 Å². The number of amides is 1. The van der Waals surface area contributed by atoms with Crippen LogP contribution in [0.4, 0.5) is 18.9 Å². The van der Waals surface area contributed by atoms with Crippen molar-refractivity contribution < 1.29 is 18.0 Å². The summed E-state index contributed by atoms with van der Waals surface area (Å²) >= 11 is 0. The maximum absolute atomic E-state index is 12.7. The van der Waals surface area contributed by atoms with Crippen LogP contribution in [0.15, 0.2) is 84.9 Å². The zero-order valence-electron chi connectivity index (χ0n) is 16.7. The molecule has 0 aliphatic carbocycles. The second-order valence-electron chi connectivity index (χ2n) is 7.20. The predicted molar refractivity (Wildman–Crippen MR) is 116 cm³/mol. The monoisotopic (exact) mass is 436 g/mol. The van der Waals surface area contributed by atoms with E-state index in [-0.39, 0.29) is 5.69 Å². The van der Waals surface area contributed by atoms with E-state index in [9.17, 15) is 18.0 Å². The number of nitrogens with zero attached hydrogens (tertiary/aromatic N) is 1. The smallest absolute Gasteiger partial charge is 0.324 e. The van der Waals surface area contributed by atoms with Crippen LogP contribution in [0.1, 0.15) is 17.3 Å². The Labute approximate surface area is 182 Å². The quantitative estimate of drug-likeness (QED) is 0.392. The number of carbonyl (C=O) groups is 1. The van der Waals surface area contributed by atoms with Crippen LogP contribution in [-0.2, 0) is 11.0 Å². The van der Waals surface area contributed by atoms with E-state index in [1.54, 1.807) is 24.3 Å². The van der Waals surface area contributed by atoms with Crippen molar-refractivity contribution >= 4 is 11.6 Å². The SMILES string of the molecule is NC(C(=O)Nc1ccc(-c2cc(C(F)(F)F)[nH]n2)cc1)c1ccc(-c2ccccc2)cc1. The van der Waals surface area contributed by atoms with Gasteiger partial charge in [-0.2, -0.15) is 18.3 Å². The van der Waals surface area contributed by atoms with Crippen LogP contribution >= 0.6 is 0 Å². The minimum Gasteiger partial charge on any atom is -0.324 e. The third-order valence-corrected chi connectivity index (χ3v) is 4.99. The maximum Gasteiger partial charge on any atom is 0.432 e. The van der Waals surface area contributed by atoms with Gasteiger partial charge in [-0.3, -0.25) is 9.89 Å². The van der Waals surface area contributed by atoms with Crippen molar-refractivity contribution in [2.45, 2.75) is 12.2 Å². The molecule has 0 spiro atoms. The number of hydrogen-bond acceptors (Lipinski definition) is 3. The summed E-state index contributed by atoms with van der Waals surface area (Å²) in [5.74, 6) is -0.399. The van der Waals surface area contributed by atoms with Crippen molar-refractivity contribution in [3.05, 3.63) is 96.2 Å². The largest absolute Gasteiger partial charge is 0.432 e. The fourth-order valence-corrected chi connectivity index (χ4v) is 3.22. The van der Waals surface area contributed by atoms with Gasteiger partial charge in [0.2, 0.25) is 5.91 Å². The van der Waals surface area contributed by atoms with E-state index < -0.39 is 23.8 Å². The van der Waals surface area contributed by atoms with Gasteiger partial charge in [0.05, 0.1) is 5.69 Å². The zero-order valence-corrected chi connectivity index (χ0v) is 16.7. The van der Waals surface area contributed by atoms with E-state index in [2.05, 4.69) is 10.4 Å². The lowest BCUT2D eigenvalue weighted by Gasteiger charge is -2.13. The van der Waals surface area contributed by atoms with Gasteiger partial charge in [-0.25, -0.2) is 0 Å². The molecule has 4 N–H and O–H groups in total. The average molecular weight is 436 g/mol. The Bertz CT molecular complexity index is 1200. The fraction of sp³-hybridized carbons (Fsp3) is 0.0833. The van der Waals surface area contributed by atoms with Crippen LogP contribution in [0.5, 0.6) is 0 Å². The number of halogens is 3. The van der Waals surface area contributed by atoms with Crippen LogP contribution < -0.4 is 11.1 Å².